The second-order valence-electron chi connectivity index (χ2n) is 4.55. The van der Waals surface area contributed by atoms with Gasteiger partial charge in [-0.05, 0) is 38.1 Å². The first-order valence-corrected chi connectivity index (χ1v) is 8.35. The lowest BCUT2D eigenvalue weighted by Crippen LogP contribution is -2.04. The van der Waals surface area contributed by atoms with Crippen LogP contribution in [-0.4, -0.2) is 31.2 Å². The minimum atomic E-state index is -3.20. The molecule has 21 heavy (non-hydrogen) atoms. The molecule has 7 heteroatoms. The van der Waals surface area contributed by atoms with E-state index in [4.69, 9.17) is 4.74 Å². The summed E-state index contributed by atoms with van der Waals surface area (Å²) in [6.45, 7) is 4.52. The van der Waals surface area contributed by atoms with Crippen molar-refractivity contribution in [1.82, 2.24) is 9.97 Å². The Kier molecular flexibility index (Phi) is 4.42. The summed E-state index contributed by atoms with van der Waals surface area (Å²) < 4.78 is 28.4. The van der Waals surface area contributed by atoms with Crippen molar-refractivity contribution in [1.29, 1.82) is 0 Å². The Labute approximate surface area is 124 Å². The Bertz CT molecular complexity index is 728. The Hall–Kier alpha value is -2.15. The van der Waals surface area contributed by atoms with E-state index < -0.39 is 9.84 Å². The van der Waals surface area contributed by atoms with Crippen LogP contribution >= 0.6 is 0 Å². The normalized spacial score (nSPS) is 11.2. The largest absolute Gasteiger partial charge is 0.439 e. The van der Waals surface area contributed by atoms with Crippen molar-refractivity contribution in [3.63, 3.8) is 0 Å². The molecule has 0 bridgehead atoms. The Morgan fingerprint density at radius 3 is 2.43 bits per heavy atom. The minimum absolute atomic E-state index is 0.252. The first-order valence-electron chi connectivity index (χ1n) is 6.46. The molecule has 2 rings (SSSR count). The maximum atomic E-state index is 11.4. The first kappa shape index (κ1) is 15.2. The van der Waals surface area contributed by atoms with Crippen LogP contribution < -0.4 is 10.1 Å². The lowest BCUT2D eigenvalue weighted by atomic mass is 10.3. The number of sulfone groups is 1. The predicted molar refractivity (Wildman–Crippen MR) is 80.6 cm³/mol. The topological polar surface area (TPSA) is 81.2 Å². The highest BCUT2D eigenvalue weighted by molar-refractivity contribution is 7.90. The van der Waals surface area contributed by atoms with Crippen LogP contribution in [0.3, 0.4) is 0 Å². The number of anilines is 1. The van der Waals surface area contributed by atoms with Crippen molar-refractivity contribution >= 4 is 15.8 Å². The van der Waals surface area contributed by atoms with Crippen molar-refractivity contribution in [2.75, 3.05) is 18.1 Å². The van der Waals surface area contributed by atoms with Crippen LogP contribution in [0.2, 0.25) is 0 Å². The predicted octanol–water partition coefficient (Wildman–Crippen LogP) is 2.41. The highest BCUT2D eigenvalue weighted by Crippen LogP contribution is 2.22. The molecule has 112 valence electrons. The van der Waals surface area contributed by atoms with Gasteiger partial charge >= 0.3 is 0 Å². The van der Waals surface area contributed by atoms with E-state index in [1.807, 2.05) is 13.8 Å². The molecule has 0 saturated heterocycles. The summed E-state index contributed by atoms with van der Waals surface area (Å²) in [5.41, 5.74) is 0.781. The zero-order valence-electron chi connectivity index (χ0n) is 12.1. The van der Waals surface area contributed by atoms with Crippen molar-refractivity contribution < 1.29 is 13.2 Å². The summed E-state index contributed by atoms with van der Waals surface area (Å²) in [5, 5.41) is 3.02. The van der Waals surface area contributed by atoms with Crippen LogP contribution in [0.15, 0.2) is 35.2 Å². The highest BCUT2D eigenvalue weighted by Gasteiger charge is 2.08. The molecule has 0 atom stereocenters. The van der Waals surface area contributed by atoms with E-state index in [1.165, 1.54) is 18.4 Å². The molecular weight excluding hydrogens is 290 g/mol. The number of nitrogens with one attached hydrogen (secondary N) is 1. The average Bonchev–Trinajstić information content (AvgIpc) is 2.38. The van der Waals surface area contributed by atoms with Crippen LogP contribution in [0, 0.1) is 6.92 Å². The number of hydrogen-bond acceptors (Lipinski definition) is 6. The highest BCUT2D eigenvalue weighted by atomic mass is 32.2. The molecule has 2 aromatic rings. The number of benzene rings is 1. The minimum Gasteiger partial charge on any atom is -0.439 e. The summed E-state index contributed by atoms with van der Waals surface area (Å²) in [6, 6.07) is 7.92. The van der Waals surface area contributed by atoms with Gasteiger partial charge < -0.3 is 10.1 Å². The average molecular weight is 307 g/mol. The number of aryl methyl sites for hydroxylation is 1. The summed E-state index contributed by atoms with van der Waals surface area (Å²) in [5.74, 6) is 1.42. The van der Waals surface area contributed by atoms with Crippen LogP contribution in [-0.2, 0) is 9.84 Å². The monoisotopic (exact) mass is 307 g/mol. The van der Waals surface area contributed by atoms with Gasteiger partial charge in [0.1, 0.15) is 5.75 Å². The Morgan fingerprint density at radius 1 is 1.19 bits per heavy atom. The fraction of sp³-hybridized carbons (Fsp3) is 0.286. The molecule has 0 aliphatic heterocycles. The van der Waals surface area contributed by atoms with Crippen molar-refractivity contribution in [2.24, 2.45) is 0 Å². The standard InChI is InChI=1S/C14H17N3O3S/c1-4-15-14-16-10(2)9-13(17-14)20-11-5-7-12(8-6-11)21(3,18)19/h5-9H,4H2,1-3H3,(H,15,16,17). The zero-order valence-corrected chi connectivity index (χ0v) is 12.9. The molecule has 0 saturated carbocycles. The molecule has 0 aliphatic rings. The van der Waals surface area contributed by atoms with Crippen LogP contribution in [0.5, 0.6) is 11.6 Å². The molecule has 1 N–H and O–H groups in total. The SMILES string of the molecule is CCNc1nc(C)cc(Oc2ccc(S(C)(=O)=O)cc2)n1. The van der Waals surface area contributed by atoms with Crippen molar-refractivity contribution in [3.05, 3.63) is 36.0 Å². The number of ether oxygens (including phenoxy) is 1. The third-order valence-electron chi connectivity index (χ3n) is 2.64. The van der Waals surface area contributed by atoms with E-state index in [9.17, 15) is 8.42 Å². The number of nitrogens with zero attached hydrogens (tertiary/aromatic N) is 2. The fourth-order valence-electron chi connectivity index (χ4n) is 1.70. The molecule has 0 spiro atoms. The third-order valence-corrected chi connectivity index (χ3v) is 3.77. The molecule has 0 aliphatic carbocycles. The van der Waals surface area contributed by atoms with Gasteiger partial charge in [0.05, 0.1) is 4.90 Å². The van der Waals surface area contributed by atoms with Gasteiger partial charge in [-0.25, -0.2) is 13.4 Å². The quantitative estimate of drug-likeness (QED) is 0.913. The second kappa shape index (κ2) is 6.09. The molecular formula is C14H17N3O3S. The summed E-state index contributed by atoms with van der Waals surface area (Å²) in [6.07, 6.45) is 1.17. The van der Waals surface area contributed by atoms with E-state index in [1.54, 1.807) is 18.2 Å². The van der Waals surface area contributed by atoms with Gasteiger partial charge in [-0.1, -0.05) is 0 Å². The fourth-order valence-corrected chi connectivity index (χ4v) is 2.34. The smallest absolute Gasteiger partial charge is 0.226 e. The van der Waals surface area contributed by atoms with E-state index in [-0.39, 0.29) is 4.90 Å². The molecule has 1 heterocycles. The van der Waals surface area contributed by atoms with Gasteiger partial charge in [-0.3, -0.25) is 0 Å². The van der Waals surface area contributed by atoms with Gasteiger partial charge in [0.2, 0.25) is 11.8 Å². The number of hydrogen-bond donors (Lipinski definition) is 1. The second-order valence-corrected chi connectivity index (χ2v) is 6.56. The number of aromatic nitrogens is 2. The first-order chi connectivity index (χ1) is 9.88. The van der Waals surface area contributed by atoms with Crippen LogP contribution in [0.25, 0.3) is 0 Å². The zero-order chi connectivity index (χ0) is 15.5. The van der Waals surface area contributed by atoms with E-state index in [2.05, 4.69) is 15.3 Å². The summed E-state index contributed by atoms with van der Waals surface area (Å²) in [4.78, 5) is 8.71. The van der Waals surface area contributed by atoms with Crippen molar-refractivity contribution in [3.8, 4) is 11.6 Å². The van der Waals surface area contributed by atoms with Gasteiger partial charge in [-0.2, -0.15) is 4.98 Å². The lowest BCUT2D eigenvalue weighted by molar-refractivity contribution is 0.461. The number of rotatable bonds is 5. The van der Waals surface area contributed by atoms with Gasteiger partial charge in [0.15, 0.2) is 9.84 Å². The molecule has 1 aromatic carbocycles. The molecule has 6 nitrogen and oxygen atoms in total. The third kappa shape index (κ3) is 4.16. The molecule has 0 radical (unpaired) electrons. The van der Waals surface area contributed by atoms with Gasteiger partial charge in [0, 0.05) is 24.6 Å². The van der Waals surface area contributed by atoms with Gasteiger partial charge in [-0.15, -0.1) is 0 Å². The van der Waals surface area contributed by atoms with E-state index in [0.717, 1.165) is 5.69 Å². The Balaban J connectivity index is 2.22. The van der Waals surface area contributed by atoms with Crippen LogP contribution in [0.1, 0.15) is 12.6 Å². The molecule has 1 aromatic heterocycles. The maximum Gasteiger partial charge on any atom is 0.226 e. The van der Waals surface area contributed by atoms with E-state index >= 15 is 0 Å². The maximum absolute atomic E-state index is 11.4. The summed E-state index contributed by atoms with van der Waals surface area (Å²) >= 11 is 0. The molecule has 0 fully saturated rings. The lowest BCUT2D eigenvalue weighted by Gasteiger charge is -2.08. The molecule has 0 unspecified atom stereocenters. The van der Waals surface area contributed by atoms with Gasteiger partial charge in [0.25, 0.3) is 0 Å². The van der Waals surface area contributed by atoms with Crippen molar-refractivity contribution in [2.45, 2.75) is 18.7 Å². The van der Waals surface area contributed by atoms with Crippen LogP contribution in [0.4, 0.5) is 5.95 Å². The molecule has 0 amide bonds. The van der Waals surface area contributed by atoms with E-state index in [0.29, 0.717) is 24.1 Å². The summed E-state index contributed by atoms with van der Waals surface area (Å²) in [7, 11) is -3.20. The Morgan fingerprint density at radius 2 is 1.86 bits per heavy atom.